The fourth-order valence-electron chi connectivity index (χ4n) is 1.37. The molecule has 0 fully saturated rings. The van der Waals surface area contributed by atoms with Gasteiger partial charge in [0.1, 0.15) is 0 Å². The van der Waals surface area contributed by atoms with Crippen molar-refractivity contribution in [3.8, 4) is 0 Å². The van der Waals surface area contributed by atoms with Crippen molar-refractivity contribution in [1.29, 1.82) is 0 Å². The topological polar surface area (TPSA) is 41.1 Å². The number of carbonyl (C=O) groups excluding carboxylic acids is 1. The lowest BCUT2D eigenvalue weighted by molar-refractivity contribution is -0.120. The van der Waals surface area contributed by atoms with Gasteiger partial charge >= 0.3 is 0 Å². The number of carbonyl (C=O) groups is 1. The van der Waals surface area contributed by atoms with E-state index in [0.29, 0.717) is 19.5 Å². The highest BCUT2D eigenvalue weighted by molar-refractivity contribution is 6.30. The molecule has 2 N–H and O–H groups in total. The summed E-state index contributed by atoms with van der Waals surface area (Å²) in [6.45, 7) is 1.37. The summed E-state index contributed by atoms with van der Waals surface area (Å²) in [7, 11) is 1.83. The second-order valence-corrected chi connectivity index (χ2v) is 4.02. The van der Waals surface area contributed by atoms with Gasteiger partial charge in [-0.15, -0.1) is 0 Å². The number of rotatable bonds is 6. The van der Waals surface area contributed by atoms with Crippen molar-refractivity contribution in [2.45, 2.75) is 12.8 Å². The van der Waals surface area contributed by atoms with E-state index in [0.717, 1.165) is 17.0 Å². The van der Waals surface area contributed by atoms with Crippen LogP contribution < -0.4 is 10.6 Å². The van der Waals surface area contributed by atoms with Crippen LogP contribution in [0.4, 0.5) is 0 Å². The molecule has 16 heavy (non-hydrogen) atoms. The van der Waals surface area contributed by atoms with E-state index in [4.69, 9.17) is 11.6 Å². The average Bonchev–Trinajstić information content (AvgIpc) is 2.26. The Morgan fingerprint density at radius 1 is 1.38 bits per heavy atom. The molecule has 0 saturated carbocycles. The summed E-state index contributed by atoms with van der Waals surface area (Å²) in [4.78, 5) is 11.3. The molecule has 4 heteroatoms. The number of benzene rings is 1. The first-order valence-electron chi connectivity index (χ1n) is 5.38. The van der Waals surface area contributed by atoms with E-state index in [1.165, 1.54) is 0 Å². The molecule has 1 aromatic carbocycles. The van der Waals surface area contributed by atoms with Gasteiger partial charge in [0.05, 0.1) is 0 Å². The van der Waals surface area contributed by atoms with Gasteiger partial charge < -0.3 is 10.6 Å². The van der Waals surface area contributed by atoms with Gasteiger partial charge in [0.15, 0.2) is 0 Å². The van der Waals surface area contributed by atoms with Crippen molar-refractivity contribution >= 4 is 17.5 Å². The van der Waals surface area contributed by atoms with Crippen LogP contribution in [0, 0.1) is 0 Å². The predicted octanol–water partition coefficient (Wildman–Crippen LogP) is 1.61. The summed E-state index contributed by atoms with van der Waals surface area (Å²) < 4.78 is 0. The average molecular weight is 241 g/mol. The van der Waals surface area contributed by atoms with Gasteiger partial charge in [-0.1, -0.05) is 23.7 Å². The molecular formula is C12H17ClN2O. The van der Waals surface area contributed by atoms with Gasteiger partial charge in [0.2, 0.25) is 5.91 Å². The minimum atomic E-state index is 0.0800. The third-order valence-electron chi connectivity index (χ3n) is 2.23. The number of hydrogen-bond donors (Lipinski definition) is 2. The molecule has 0 heterocycles. The Balaban J connectivity index is 2.22. The molecule has 0 saturated heterocycles. The molecule has 1 rings (SSSR count). The van der Waals surface area contributed by atoms with Crippen molar-refractivity contribution in [2.75, 3.05) is 20.1 Å². The SMILES string of the molecule is CNCCC(=O)NCCc1cccc(Cl)c1. The fraction of sp³-hybridized carbons (Fsp3) is 0.417. The number of nitrogens with one attached hydrogen (secondary N) is 2. The summed E-state index contributed by atoms with van der Waals surface area (Å²) in [6.07, 6.45) is 1.33. The highest BCUT2D eigenvalue weighted by Gasteiger charge is 1.99. The first-order valence-corrected chi connectivity index (χ1v) is 5.76. The summed E-state index contributed by atoms with van der Waals surface area (Å²) >= 11 is 5.86. The molecule has 0 radical (unpaired) electrons. The van der Waals surface area contributed by atoms with E-state index < -0.39 is 0 Å². The molecule has 1 aromatic rings. The maximum atomic E-state index is 11.3. The van der Waals surface area contributed by atoms with Crippen LogP contribution in [0.1, 0.15) is 12.0 Å². The molecule has 0 aliphatic heterocycles. The minimum absolute atomic E-state index is 0.0800. The largest absolute Gasteiger partial charge is 0.356 e. The van der Waals surface area contributed by atoms with Crippen LogP contribution in [0.25, 0.3) is 0 Å². The van der Waals surface area contributed by atoms with Crippen LogP contribution in [0.3, 0.4) is 0 Å². The van der Waals surface area contributed by atoms with Crippen molar-refractivity contribution in [2.24, 2.45) is 0 Å². The maximum Gasteiger partial charge on any atom is 0.221 e. The van der Waals surface area contributed by atoms with Gasteiger partial charge in [-0.05, 0) is 31.2 Å². The molecular weight excluding hydrogens is 224 g/mol. The van der Waals surface area contributed by atoms with Gasteiger partial charge in [0.25, 0.3) is 0 Å². The highest BCUT2D eigenvalue weighted by Crippen LogP contribution is 2.10. The standard InChI is InChI=1S/C12H17ClN2O/c1-14-7-6-12(16)15-8-5-10-3-2-4-11(13)9-10/h2-4,9,14H,5-8H2,1H3,(H,15,16). The van der Waals surface area contributed by atoms with E-state index in [-0.39, 0.29) is 5.91 Å². The first-order chi connectivity index (χ1) is 7.72. The van der Waals surface area contributed by atoms with Crippen molar-refractivity contribution < 1.29 is 4.79 Å². The Labute approximate surface area is 101 Å². The Morgan fingerprint density at radius 2 is 2.19 bits per heavy atom. The lowest BCUT2D eigenvalue weighted by atomic mass is 10.1. The molecule has 0 spiro atoms. The molecule has 0 aromatic heterocycles. The predicted molar refractivity (Wildman–Crippen MR) is 66.7 cm³/mol. The Kier molecular flexibility index (Phi) is 5.90. The molecule has 0 aliphatic rings. The summed E-state index contributed by atoms with van der Waals surface area (Å²) in [5.74, 6) is 0.0800. The quantitative estimate of drug-likeness (QED) is 0.793. The van der Waals surface area contributed by atoms with E-state index >= 15 is 0 Å². The molecule has 0 bridgehead atoms. The minimum Gasteiger partial charge on any atom is -0.356 e. The maximum absolute atomic E-state index is 11.3. The molecule has 3 nitrogen and oxygen atoms in total. The third kappa shape index (κ3) is 5.14. The fourth-order valence-corrected chi connectivity index (χ4v) is 1.58. The van der Waals surface area contributed by atoms with Gasteiger partial charge in [-0.3, -0.25) is 4.79 Å². The van der Waals surface area contributed by atoms with Crippen molar-refractivity contribution in [1.82, 2.24) is 10.6 Å². The van der Waals surface area contributed by atoms with Crippen LogP contribution in [0.2, 0.25) is 5.02 Å². The van der Waals surface area contributed by atoms with Gasteiger partial charge in [-0.2, -0.15) is 0 Å². The Hall–Kier alpha value is -1.06. The Bertz CT molecular complexity index is 342. The second-order valence-electron chi connectivity index (χ2n) is 3.58. The molecule has 1 amide bonds. The van der Waals surface area contributed by atoms with Crippen molar-refractivity contribution in [3.05, 3.63) is 34.9 Å². The zero-order valence-corrected chi connectivity index (χ0v) is 10.2. The highest BCUT2D eigenvalue weighted by atomic mass is 35.5. The van der Waals surface area contributed by atoms with E-state index in [2.05, 4.69) is 10.6 Å². The monoisotopic (exact) mass is 240 g/mol. The number of amides is 1. The van der Waals surface area contributed by atoms with Crippen molar-refractivity contribution in [3.63, 3.8) is 0 Å². The molecule has 0 aliphatic carbocycles. The molecule has 0 atom stereocenters. The Morgan fingerprint density at radius 3 is 2.88 bits per heavy atom. The molecule has 0 unspecified atom stereocenters. The van der Waals surface area contributed by atoms with Crippen LogP contribution in [0.15, 0.2) is 24.3 Å². The number of halogens is 1. The third-order valence-corrected chi connectivity index (χ3v) is 2.46. The van der Waals surface area contributed by atoms with E-state index in [1.807, 2.05) is 31.3 Å². The van der Waals surface area contributed by atoms with Gasteiger partial charge in [0, 0.05) is 24.5 Å². The second kappa shape index (κ2) is 7.25. The van der Waals surface area contributed by atoms with Crippen LogP contribution >= 0.6 is 11.6 Å². The van der Waals surface area contributed by atoms with E-state index in [1.54, 1.807) is 0 Å². The lowest BCUT2D eigenvalue weighted by Crippen LogP contribution is -2.28. The summed E-state index contributed by atoms with van der Waals surface area (Å²) in [5.41, 5.74) is 1.14. The summed E-state index contributed by atoms with van der Waals surface area (Å²) in [5, 5.41) is 6.53. The van der Waals surface area contributed by atoms with Crippen LogP contribution in [0.5, 0.6) is 0 Å². The van der Waals surface area contributed by atoms with Crippen LogP contribution in [-0.2, 0) is 11.2 Å². The zero-order valence-electron chi connectivity index (χ0n) is 9.42. The summed E-state index contributed by atoms with van der Waals surface area (Å²) in [6, 6.07) is 7.68. The zero-order chi connectivity index (χ0) is 11.8. The number of hydrogen-bond acceptors (Lipinski definition) is 2. The molecule has 88 valence electrons. The first kappa shape index (κ1) is 13.0. The van der Waals surface area contributed by atoms with Crippen LogP contribution in [-0.4, -0.2) is 26.0 Å². The normalized spacial score (nSPS) is 10.1. The lowest BCUT2D eigenvalue weighted by Gasteiger charge is -2.05. The van der Waals surface area contributed by atoms with E-state index in [9.17, 15) is 4.79 Å². The van der Waals surface area contributed by atoms with Gasteiger partial charge in [-0.25, -0.2) is 0 Å². The smallest absolute Gasteiger partial charge is 0.221 e.